The molecule has 3 heteroatoms. The fourth-order valence-corrected chi connectivity index (χ4v) is 8.86. The van der Waals surface area contributed by atoms with Crippen LogP contribution in [0.4, 0.5) is 0 Å². The molecule has 0 aliphatic heterocycles. The SMILES string of the molecule is c1ccc(-n2c3ccc4c5ccccc5oc4c3c3ccc4c5ccccc5n(-c5cc6c7c(cccc7c5)-c5ccccc5-6)c4c32)cc1. The Morgan fingerprint density at radius 3 is 1.94 bits per heavy atom. The third-order valence-corrected chi connectivity index (χ3v) is 10.8. The van der Waals surface area contributed by atoms with Crippen LogP contribution in [0.15, 0.2) is 162 Å². The van der Waals surface area contributed by atoms with E-state index < -0.39 is 0 Å². The molecule has 0 atom stereocenters. The van der Waals surface area contributed by atoms with Crippen molar-refractivity contribution in [3.8, 4) is 33.6 Å². The summed E-state index contributed by atoms with van der Waals surface area (Å²) in [6.45, 7) is 0. The average Bonchev–Trinajstić information content (AvgIpc) is 3.89. The van der Waals surface area contributed by atoms with Crippen LogP contribution in [0.2, 0.25) is 0 Å². The predicted octanol–water partition coefficient (Wildman–Crippen LogP) is 12.6. The molecule has 0 spiro atoms. The van der Waals surface area contributed by atoms with Crippen LogP contribution in [-0.2, 0) is 0 Å². The topological polar surface area (TPSA) is 23.0 Å². The molecule has 0 N–H and O–H groups in total. The van der Waals surface area contributed by atoms with Gasteiger partial charge in [0.2, 0.25) is 0 Å². The summed E-state index contributed by atoms with van der Waals surface area (Å²) in [6, 6.07) is 57.5. The summed E-state index contributed by atoms with van der Waals surface area (Å²) in [6.07, 6.45) is 0. The number of nitrogens with zero attached hydrogens (tertiary/aromatic N) is 2. The lowest BCUT2D eigenvalue weighted by molar-refractivity contribution is 0.673. The first-order chi connectivity index (χ1) is 24.3. The molecule has 0 saturated heterocycles. The summed E-state index contributed by atoms with van der Waals surface area (Å²) in [7, 11) is 0. The molecule has 226 valence electrons. The van der Waals surface area contributed by atoms with Gasteiger partial charge in [-0.3, -0.25) is 0 Å². The van der Waals surface area contributed by atoms with E-state index in [2.05, 4.69) is 161 Å². The van der Waals surface area contributed by atoms with E-state index in [0.29, 0.717) is 0 Å². The normalized spacial score (nSPS) is 12.5. The van der Waals surface area contributed by atoms with Gasteiger partial charge >= 0.3 is 0 Å². The average molecular weight is 623 g/mol. The number of hydrogen-bond acceptors (Lipinski definition) is 1. The van der Waals surface area contributed by atoms with Crippen LogP contribution in [0.5, 0.6) is 0 Å². The highest BCUT2D eigenvalue weighted by atomic mass is 16.3. The fourth-order valence-electron chi connectivity index (χ4n) is 8.86. The van der Waals surface area contributed by atoms with E-state index in [4.69, 9.17) is 4.42 Å². The van der Waals surface area contributed by atoms with Gasteiger partial charge in [-0.1, -0.05) is 109 Å². The molecule has 3 nitrogen and oxygen atoms in total. The smallest absolute Gasteiger partial charge is 0.145 e. The molecule has 12 rings (SSSR count). The van der Waals surface area contributed by atoms with Crippen molar-refractivity contribution >= 4 is 76.3 Å². The highest BCUT2D eigenvalue weighted by Gasteiger charge is 2.26. The predicted molar refractivity (Wildman–Crippen MR) is 204 cm³/mol. The van der Waals surface area contributed by atoms with Crippen molar-refractivity contribution < 1.29 is 4.42 Å². The van der Waals surface area contributed by atoms with Crippen LogP contribution in [0, 0.1) is 0 Å². The third kappa shape index (κ3) is 3.17. The summed E-state index contributed by atoms with van der Waals surface area (Å²) >= 11 is 0. The highest BCUT2D eigenvalue weighted by molar-refractivity contribution is 6.29. The lowest BCUT2D eigenvalue weighted by atomic mass is 10.0. The van der Waals surface area contributed by atoms with Crippen molar-refractivity contribution in [1.29, 1.82) is 0 Å². The molecular formula is C46H26N2O. The van der Waals surface area contributed by atoms with E-state index in [1.165, 1.54) is 65.7 Å². The zero-order valence-corrected chi connectivity index (χ0v) is 26.3. The Balaban J connectivity index is 1.31. The van der Waals surface area contributed by atoms with Crippen LogP contribution < -0.4 is 0 Å². The molecule has 8 aromatic carbocycles. The Morgan fingerprint density at radius 2 is 1.04 bits per heavy atom. The quantitative estimate of drug-likeness (QED) is 0.188. The van der Waals surface area contributed by atoms with Crippen LogP contribution >= 0.6 is 0 Å². The maximum absolute atomic E-state index is 6.71. The minimum absolute atomic E-state index is 0.912. The summed E-state index contributed by atoms with van der Waals surface area (Å²) in [5.74, 6) is 0. The van der Waals surface area contributed by atoms with Crippen molar-refractivity contribution in [2.75, 3.05) is 0 Å². The number of para-hydroxylation sites is 3. The number of furan rings is 1. The molecule has 1 aliphatic rings. The third-order valence-electron chi connectivity index (χ3n) is 10.8. The summed E-state index contributed by atoms with van der Waals surface area (Å²) in [4.78, 5) is 0. The van der Waals surface area contributed by atoms with Gasteiger partial charge in [0.25, 0.3) is 0 Å². The van der Waals surface area contributed by atoms with Gasteiger partial charge in [-0.15, -0.1) is 0 Å². The first kappa shape index (κ1) is 25.5. The van der Waals surface area contributed by atoms with Gasteiger partial charge in [0.1, 0.15) is 11.2 Å². The summed E-state index contributed by atoms with van der Waals surface area (Å²) in [5, 5.41) is 9.67. The molecule has 1 aliphatic carbocycles. The van der Waals surface area contributed by atoms with E-state index in [1.54, 1.807) is 0 Å². The van der Waals surface area contributed by atoms with Crippen LogP contribution in [0.1, 0.15) is 0 Å². The lowest BCUT2D eigenvalue weighted by Crippen LogP contribution is -1.99. The molecule has 3 heterocycles. The van der Waals surface area contributed by atoms with Gasteiger partial charge in [-0.05, 0) is 81.6 Å². The van der Waals surface area contributed by atoms with Gasteiger partial charge in [-0.2, -0.15) is 0 Å². The molecule has 11 aromatic rings. The first-order valence-electron chi connectivity index (χ1n) is 16.9. The van der Waals surface area contributed by atoms with E-state index in [1.807, 2.05) is 6.07 Å². The van der Waals surface area contributed by atoms with Crippen LogP contribution in [-0.4, -0.2) is 9.13 Å². The lowest BCUT2D eigenvalue weighted by Gasteiger charge is -2.14. The monoisotopic (exact) mass is 622 g/mol. The Morgan fingerprint density at radius 1 is 0.367 bits per heavy atom. The van der Waals surface area contributed by atoms with Gasteiger partial charge in [0.05, 0.1) is 27.5 Å². The molecule has 0 unspecified atom stereocenters. The maximum Gasteiger partial charge on any atom is 0.145 e. The van der Waals surface area contributed by atoms with Crippen molar-refractivity contribution in [2.45, 2.75) is 0 Å². The molecule has 0 fully saturated rings. The van der Waals surface area contributed by atoms with Crippen molar-refractivity contribution in [1.82, 2.24) is 9.13 Å². The van der Waals surface area contributed by atoms with Gasteiger partial charge in [0, 0.05) is 38.3 Å². The number of fused-ring (bicyclic) bond motifs is 14. The van der Waals surface area contributed by atoms with Gasteiger partial charge < -0.3 is 13.6 Å². The highest BCUT2D eigenvalue weighted by Crippen LogP contribution is 2.50. The number of rotatable bonds is 2. The Labute approximate surface area is 280 Å². The second-order valence-corrected chi connectivity index (χ2v) is 13.3. The molecule has 49 heavy (non-hydrogen) atoms. The van der Waals surface area contributed by atoms with E-state index >= 15 is 0 Å². The molecule has 3 aromatic heterocycles. The number of aromatic nitrogens is 2. The van der Waals surface area contributed by atoms with Gasteiger partial charge in [-0.25, -0.2) is 0 Å². The van der Waals surface area contributed by atoms with E-state index in [0.717, 1.165) is 44.2 Å². The molecule has 0 amide bonds. The molecule has 0 saturated carbocycles. The second-order valence-electron chi connectivity index (χ2n) is 13.3. The first-order valence-corrected chi connectivity index (χ1v) is 16.9. The summed E-state index contributed by atoms with van der Waals surface area (Å²) < 4.78 is 11.7. The maximum atomic E-state index is 6.71. The Hall–Kier alpha value is -6.58. The van der Waals surface area contributed by atoms with E-state index in [9.17, 15) is 0 Å². The number of benzene rings is 8. The Bertz CT molecular complexity index is 3210. The minimum Gasteiger partial charge on any atom is -0.455 e. The molecular weight excluding hydrogens is 597 g/mol. The second kappa shape index (κ2) is 9.06. The Kier molecular flexibility index (Phi) is 4.72. The largest absolute Gasteiger partial charge is 0.455 e. The number of hydrogen-bond donors (Lipinski definition) is 0. The van der Waals surface area contributed by atoms with E-state index in [-0.39, 0.29) is 0 Å². The summed E-state index contributed by atoms with van der Waals surface area (Å²) in [5.41, 5.74) is 14.0. The zero-order chi connectivity index (χ0) is 31.8. The standard InChI is InChI=1S/C46H26N2O/c1-2-12-28(13-3-1)47-40-24-23-36-33-17-7-9-20-41(33)49-46(36)43(40)37-22-21-35-32-16-6-8-19-39(32)48(44(35)45(37)47)29-25-27-11-10-18-34-30-14-4-5-15-31(30)38(26-29)42(27)34/h1-26H. The fraction of sp³-hybridized carbons (Fsp3) is 0. The van der Waals surface area contributed by atoms with Crippen LogP contribution in [0.3, 0.4) is 0 Å². The zero-order valence-electron chi connectivity index (χ0n) is 26.3. The van der Waals surface area contributed by atoms with Crippen molar-refractivity contribution in [3.05, 3.63) is 158 Å². The molecule has 0 bridgehead atoms. The van der Waals surface area contributed by atoms with Crippen LogP contribution in [0.25, 0.3) is 110 Å². The van der Waals surface area contributed by atoms with Crippen molar-refractivity contribution in [3.63, 3.8) is 0 Å². The van der Waals surface area contributed by atoms with Crippen molar-refractivity contribution in [2.24, 2.45) is 0 Å². The molecule has 0 radical (unpaired) electrons. The minimum atomic E-state index is 0.912. The van der Waals surface area contributed by atoms with Gasteiger partial charge in [0.15, 0.2) is 0 Å².